The van der Waals surface area contributed by atoms with Gasteiger partial charge in [-0.3, -0.25) is 9.59 Å². The molecule has 0 radical (unpaired) electrons. The van der Waals surface area contributed by atoms with Gasteiger partial charge in [0.25, 0.3) is 0 Å². The summed E-state index contributed by atoms with van der Waals surface area (Å²) in [5.74, 6) is -0.0820. The fraction of sp³-hybridized carbons (Fsp3) is 0.625. The Morgan fingerprint density at radius 3 is 2.95 bits per heavy atom. The molecule has 1 aliphatic heterocycles. The van der Waals surface area contributed by atoms with Gasteiger partial charge in [0, 0.05) is 39.6 Å². The molecule has 6 heteroatoms. The zero-order valence-electron chi connectivity index (χ0n) is 12.9. The maximum absolute atomic E-state index is 12.3. The lowest BCUT2D eigenvalue weighted by Crippen LogP contribution is -2.50. The molecule has 2 rings (SSSR count). The zero-order valence-corrected chi connectivity index (χ0v) is 12.9. The number of furan rings is 1. The normalized spacial score (nSPS) is 21.8. The van der Waals surface area contributed by atoms with E-state index in [9.17, 15) is 14.7 Å². The van der Waals surface area contributed by atoms with Crippen molar-refractivity contribution < 1.29 is 23.8 Å². The number of methoxy groups -OCH3 is 1. The summed E-state index contributed by atoms with van der Waals surface area (Å²) < 4.78 is 10.3. The van der Waals surface area contributed by atoms with Gasteiger partial charge in [-0.1, -0.05) is 0 Å². The number of carboxylic acid groups (broad SMARTS) is 1. The van der Waals surface area contributed by atoms with E-state index in [-0.39, 0.29) is 12.5 Å². The molecular weight excluding hydrogens is 286 g/mol. The van der Waals surface area contributed by atoms with E-state index in [1.807, 2.05) is 6.07 Å². The second-order valence-electron chi connectivity index (χ2n) is 5.83. The topological polar surface area (TPSA) is 80.0 Å². The number of piperidine rings is 1. The van der Waals surface area contributed by atoms with Crippen LogP contribution in [0.15, 0.2) is 22.8 Å². The summed E-state index contributed by atoms with van der Waals surface area (Å²) in [5, 5.41) is 9.59. The number of carboxylic acids is 1. The Hall–Kier alpha value is -1.82. The van der Waals surface area contributed by atoms with Gasteiger partial charge in [0.05, 0.1) is 11.7 Å². The van der Waals surface area contributed by atoms with Gasteiger partial charge in [0.2, 0.25) is 5.91 Å². The number of rotatable bonds is 7. The van der Waals surface area contributed by atoms with E-state index in [0.29, 0.717) is 45.3 Å². The van der Waals surface area contributed by atoms with Crippen molar-refractivity contribution >= 4 is 11.9 Å². The van der Waals surface area contributed by atoms with Gasteiger partial charge in [0.1, 0.15) is 5.76 Å². The summed E-state index contributed by atoms with van der Waals surface area (Å²) in [6.45, 7) is 1.28. The first-order valence-electron chi connectivity index (χ1n) is 7.60. The molecule has 0 unspecified atom stereocenters. The minimum Gasteiger partial charge on any atom is -0.481 e. The number of amides is 1. The summed E-state index contributed by atoms with van der Waals surface area (Å²) in [4.78, 5) is 25.7. The Labute approximate surface area is 130 Å². The van der Waals surface area contributed by atoms with Gasteiger partial charge >= 0.3 is 5.97 Å². The van der Waals surface area contributed by atoms with E-state index >= 15 is 0 Å². The number of carbonyl (C=O) groups is 2. The lowest BCUT2D eigenvalue weighted by Gasteiger charge is -2.40. The number of hydrogen-bond acceptors (Lipinski definition) is 4. The molecule has 0 bridgehead atoms. The molecular formula is C16H23NO5. The molecule has 22 heavy (non-hydrogen) atoms. The number of nitrogens with zero attached hydrogens (tertiary/aromatic N) is 1. The SMILES string of the molecule is COCC[C@@]1(C(=O)O)CCCN(C(=O)CCc2ccco2)C1. The fourth-order valence-corrected chi connectivity index (χ4v) is 2.97. The van der Waals surface area contributed by atoms with Crippen LogP contribution in [0, 0.1) is 5.41 Å². The Morgan fingerprint density at radius 2 is 2.32 bits per heavy atom. The van der Waals surface area contributed by atoms with Crippen LogP contribution in [0.2, 0.25) is 0 Å². The molecule has 0 spiro atoms. The number of hydrogen-bond donors (Lipinski definition) is 1. The minimum atomic E-state index is -0.880. The van der Waals surface area contributed by atoms with Gasteiger partial charge in [-0.05, 0) is 31.4 Å². The lowest BCUT2D eigenvalue weighted by molar-refractivity contribution is -0.156. The van der Waals surface area contributed by atoms with E-state index < -0.39 is 11.4 Å². The lowest BCUT2D eigenvalue weighted by atomic mass is 9.77. The summed E-state index contributed by atoms with van der Waals surface area (Å²) in [6.07, 6.45) is 4.20. The highest BCUT2D eigenvalue weighted by atomic mass is 16.5. The summed E-state index contributed by atoms with van der Waals surface area (Å²) in [6, 6.07) is 3.63. The van der Waals surface area contributed by atoms with Crippen LogP contribution < -0.4 is 0 Å². The Bertz CT molecular complexity index is 499. The standard InChI is InChI=1S/C16H23NO5/c1-21-11-8-16(15(19)20)7-3-9-17(12-16)14(18)6-5-13-4-2-10-22-13/h2,4,10H,3,5-9,11-12H2,1H3,(H,19,20)/t16-/m0/s1. The van der Waals surface area contributed by atoms with Gasteiger partial charge in [-0.15, -0.1) is 0 Å². The minimum absolute atomic E-state index is 0.0147. The molecule has 1 amide bonds. The number of likely N-dealkylation sites (tertiary alicyclic amines) is 1. The maximum Gasteiger partial charge on any atom is 0.311 e. The first-order chi connectivity index (χ1) is 10.6. The second-order valence-corrected chi connectivity index (χ2v) is 5.83. The highest BCUT2D eigenvalue weighted by Crippen LogP contribution is 2.34. The predicted molar refractivity (Wildman–Crippen MR) is 79.4 cm³/mol. The predicted octanol–water partition coefficient (Wildman–Crippen LogP) is 1.94. The van der Waals surface area contributed by atoms with Crippen LogP contribution in [0.5, 0.6) is 0 Å². The van der Waals surface area contributed by atoms with Crippen LogP contribution in [0.1, 0.15) is 31.4 Å². The third-order valence-electron chi connectivity index (χ3n) is 4.33. The second kappa shape index (κ2) is 7.45. The largest absolute Gasteiger partial charge is 0.481 e. The third kappa shape index (κ3) is 3.88. The number of aryl methyl sites for hydroxylation is 1. The van der Waals surface area contributed by atoms with E-state index in [1.54, 1.807) is 24.3 Å². The van der Waals surface area contributed by atoms with Crippen molar-refractivity contribution in [1.82, 2.24) is 4.90 Å². The molecule has 0 aliphatic carbocycles. The first-order valence-corrected chi connectivity index (χ1v) is 7.60. The molecule has 0 saturated carbocycles. The van der Waals surface area contributed by atoms with Crippen molar-refractivity contribution in [1.29, 1.82) is 0 Å². The molecule has 1 N–H and O–H groups in total. The van der Waals surface area contributed by atoms with Crippen molar-refractivity contribution in [3.63, 3.8) is 0 Å². The van der Waals surface area contributed by atoms with E-state index in [1.165, 1.54) is 0 Å². The van der Waals surface area contributed by atoms with Crippen molar-refractivity contribution in [2.45, 2.75) is 32.1 Å². The van der Waals surface area contributed by atoms with Crippen LogP contribution in [0.3, 0.4) is 0 Å². The molecule has 1 aromatic rings. The van der Waals surface area contributed by atoms with E-state index in [0.717, 1.165) is 5.76 Å². The van der Waals surface area contributed by atoms with Crippen molar-refractivity contribution in [3.05, 3.63) is 24.2 Å². The maximum atomic E-state index is 12.3. The van der Waals surface area contributed by atoms with Gasteiger partial charge in [-0.25, -0.2) is 0 Å². The van der Waals surface area contributed by atoms with E-state index in [4.69, 9.17) is 9.15 Å². The molecule has 1 aromatic heterocycles. The number of aliphatic carboxylic acids is 1. The summed E-state index contributed by atoms with van der Waals surface area (Å²) in [5.41, 5.74) is -0.880. The Balaban J connectivity index is 1.95. The zero-order chi connectivity index (χ0) is 16.0. The quantitative estimate of drug-likeness (QED) is 0.832. The van der Waals surface area contributed by atoms with E-state index in [2.05, 4.69) is 0 Å². The molecule has 1 aliphatic rings. The first kappa shape index (κ1) is 16.5. The molecule has 122 valence electrons. The van der Waals surface area contributed by atoms with Crippen molar-refractivity contribution in [2.24, 2.45) is 5.41 Å². The smallest absolute Gasteiger partial charge is 0.311 e. The van der Waals surface area contributed by atoms with Crippen LogP contribution in [0.25, 0.3) is 0 Å². The Kier molecular flexibility index (Phi) is 5.60. The number of ether oxygens (including phenoxy) is 1. The highest BCUT2D eigenvalue weighted by molar-refractivity contribution is 5.79. The highest BCUT2D eigenvalue weighted by Gasteiger charge is 2.43. The molecule has 0 aromatic carbocycles. The third-order valence-corrected chi connectivity index (χ3v) is 4.33. The molecule has 6 nitrogen and oxygen atoms in total. The van der Waals surface area contributed by atoms with Crippen molar-refractivity contribution in [2.75, 3.05) is 26.8 Å². The van der Waals surface area contributed by atoms with Gasteiger partial charge < -0.3 is 19.2 Å². The number of carbonyl (C=O) groups excluding carboxylic acids is 1. The molecule has 1 fully saturated rings. The van der Waals surface area contributed by atoms with Crippen LogP contribution in [-0.2, 0) is 20.7 Å². The average molecular weight is 309 g/mol. The Morgan fingerprint density at radius 1 is 1.50 bits per heavy atom. The molecule has 2 heterocycles. The average Bonchev–Trinajstić information content (AvgIpc) is 3.04. The molecule has 1 atom stereocenters. The van der Waals surface area contributed by atoms with Crippen molar-refractivity contribution in [3.8, 4) is 0 Å². The monoisotopic (exact) mass is 309 g/mol. The van der Waals surface area contributed by atoms with Crippen LogP contribution >= 0.6 is 0 Å². The fourth-order valence-electron chi connectivity index (χ4n) is 2.97. The molecule has 1 saturated heterocycles. The summed E-state index contributed by atoms with van der Waals surface area (Å²) in [7, 11) is 1.56. The van der Waals surface area contributed by atoms with Crippen LogP contribution in [0.4, 0.5) is 0 Å². The summed E-state index contributed by atoms with van der Waals surface area (Å²) >= 11 is 0. The van der Waals surface area contributed by atoms with Gasteiger partial charge in [0.15, 0.2) is 0 Å². The van der Waals surface area contributed by atoms with Gasteiger partial charge in [-0.2, -0.15) is 0 Å². The van der Waals surface area contributed by atoms with Crippen LogP contribution in [-0.4, -0.2) is 48.7 Å².